The lowest BCUT2D eigenvalue weighted by atomic mass is 10.0. The van der Waals surface area contributed by atoms with Crippen LogP contribution in [0, 0.1) is 0 Å². The maximum absolute atomic E-state index is 9.84. The van der Waals surface area contributed by atoms with Crippen molar-refractivity contribution in [3.05, 3.63) is 48.0 Å². The van der Waals surface area contributed by atoms with Gasteiger partial charge in [0.1, 0.15) is 5.75 Å². The third-order valence-corrected chi connectivity index (χ3v) is 2.79. The second-order valence-electron chi connectivity index (χ2n) is 3.63. The minimum absolute atomic E-state index is 0.328. The maximum atomic E-state index is 9.84. The van der Waals surface area contributed by atoms with Crippen LogP contribution in [0.15, 0.2) is 42.5 Å². The summed E-state index contributed by atoms with van der Waals surface area (Å²) in [5.74, 6) is 1.15. The summed E-state index contributed by atoms with van der Waals surface area (Å²) in [6, 6.07) is 11.7. The van der Waals surface area contributed by atoms with E-state index in [2.05, 4.69) is 12.6 Å². The lowest BCUT2D eigenvalue weighted by Gasteiger charge is -2.04. The molecule has 0 unspecified atom stereocenters. The summed E-state index contributed by atoms with van der Waals surface area (Å²) in [7, 11) is 0. The van der Waals surface area contributed by atoms with Gasteiger partial charge in [-0.3, -0.25) is 0 Å². The van der Waals surface area contributed by atoms with Gasteiger partial charge in [-0.25, -0.2) is 0 Å². The molecule has 0 aromatic heterocycles. The minimum atomic E-state index is 0.328. The molecule has 2 rings (SSSR count). The monoisotopic (exact) mass is 230 g/mol. The molecular formula is C14H14OS. The fourth-order valence-electron chi connectivity index (χ4n) is 1.73. The van der Waals surface area contributed by atoms with Crippen molar-refractivity contribution >= 4 is 29.5 Å². The summed E-state index contributed by atoms with van der Waals surface area (Å²) in [6.07, 6.45) is 4.91. The number of phenolic OH excluding ortho intramolecular Hbond substituents is 1. The molecule has 82 valence electrons. The second kappa shape index (κ2) is 5.08. The zero-order valence-electron chi connectivity index (χ0n) is 8.93. The zero-order chi connectivity index (χ0) is 11.4. The summed E-state index contributed by atoms with van der Waals surface area (Å²) < 4.78 is 0. The molecule has 0 aliphatic carbocycles. The molecule has 1 nitrogen and oxygen atoms in total. The molecule has 0 saturated heterocycles. The minimum Gasteiger partial charge on any atom is -0.507 e. The average molecular weight is 230 g/mol. The van der Waals surface area contributed by atoms with E-state index in [1.54, 1.807) is 6.07 Å². The van der Waals surface area contributed by atoms with E-state index in [0.29, 0.717) is 5.75 Å². The molecular weight excluding hydrogens is 216 g/mol. The molecule has 16 heavy (non-hydrogen) atoms. The Morgan fingerprint density at radius 3 is 2.75 bits per heavy atom. The van der Waals surface area contributed by atoms with E-state index < -0.39 is 0 Å². The molecule has 0 heterocycles. The van der Waals surface area contributed by atoms with E-state index in [9.17, 15) is 5.11 Å². The van der Waals surface area contributed by atoms with Gasteiger partial charge in [-0.15, -0.1) is 0 Å². The lowest BCUT2D eigenvalue weighted by molar-refractivity contribution is 0.475. The molecule has 0 bridgehead atoms. The van der Waals surface area contributed by atoms with E-state index in [-0.39, 0.29) is 0 Å². The molecule has 0 saturated carbocycles. The van der Waals surface area contributed by atoms with E-state index >= 15 is 0 Å². The van der Waals surface area contributed by atoms with Crippen molar-refractivity contribution in [2.24, 2.45) is 0 Å². The normalized spacial score (nSPS) is 11.3. The van der Waals surface area contributed by atoms with Gasteiger partial charge in [0.15, 0.2) is 0 Å². The first-order chi connectivity index (χ1) is 7.83. The van der Waals surface area contributed by atoms with Crippen LogP contribution in [-0.2, 0) is 0 Å². The molecule has 1 N–H and O–H groups in total. The van der Waals surface area contributed by atoms with Gasteiger partial charge in [0.05, 0.1) is 0 Å². The number of rotatable bonds is 3. The first-order valence-corrected chi connectivity index (χ1v) is 5.94. The summed E-state index contributed by atoms with van der Waals surface area (Å²) in [5, 5.41) is 12.1. The zero-order valence-corrected chi connectivity index (χ0v) is 9.82. The van der Waals surface area contributed by atoms with Crippen molar-refractivity contribution in [3.8, 4) is 5.75 Å². The van der Waals surface area contributed by atoms with Gasteiger partial charge in [0.2, 0.25) is 0 Å². The van der Waals surface area contributed by atoms with E-state index in [1.165, 1.54) is 0 Å². The summed E-state index contributed by atoms with van der Waals surface area (Å²) >= 11 is 4.15. The Hall–Kier alpha value is -1.41. The smallest absolute Gasteiger partial charge is 0.123 e. The largest absolute Gasteiger partial charge is 0.507 e. The molecule has 2 aromatic rings. The van der Waals surface area contributed by atoms with Gasteiger partial charge in [-0.05, 0) is 29.0 Å². The standard InChI is InChI=1S/C14H14OS/c15-14-9-8-11-5-1-2-6-12(11)13(14)7-3-4-10-16/h1-3,5-9,15-16H,4,10H2. The van der Waals surface area contributed by atoms with Gasteiger partial charge in [-0.1, -0.05) is 42.5 Å². The number of phenols is 1. The predicted octanol–water partition coefficient (Wildman–Crippen LogP) is 3.88. The van der Waals surface area contributed by atoms with Crippen LogP contribution in [0.25, 0.3) is 16.8 Å². The van der Waals surface area contributed by atoms with Gasteiger partial charge < -0.3 is 5.11 Å². The van der Waals surface area contributed by atoms with Crippen LogP contribution in [0.4, 0.5) is 0 Å². The van der Waals surface area contributed by atoms with Crippen molar-refractivity contribution in [2.45, 2.75) is 6.42 Å². The molecule has 0 atom stereocenters. The van der Waals surface area contributed by atoms with Crippen molar-refractivity contribution in [1.29, 1.82) is 0 Å². The fourth-order valence-corrected chi connectivity index (χ4v) is 1.88. The molecule has 2 heteroatoms. The third-order valence-electron chi connectivity index (χ3n) is 2.53. The lowest BCUT2D eigenvalue weighted by Crippen LogP contribution is -1.80. The Morgan fingerprint density at radius 1 is 1.12 bits per heavy atom. The highest BCUT2D eigenvalue weighted by atomic mass is 32.1. The highest BCUT2D eigenvalue weighted by Gasteiger charge is 2.02. The molecule has 0 amide bonds. The number of allylic oxidation sites excluding steroid dienone is 1. The van der Waals surface area contributed by atoms with Crippen molar-refractivity contribution in [1.82, 2.24) is 0 Å². The topological polar surface area (TPSA) is 20.2 Å². The van der Waals surface area contributed by atoms with Gasteiger partial charge in [0, 0.05) is 5.56 Å². The number of hydrogen-bond acceptors (Lipinski definition) is 2. The number of fused-ring (bicyclic) bond motifs is 1. The van der Waals surface area contributed by atoms with Crippen LogP contribution in [-0.4, -0.2) is 10.9 Å². The number of aromatic hydroxyl groups is 1. The summed E-state index contributed by atoms with van der Waals surface area (Å²) in [6.45, 7) is 0. The van der Waals surface area contributed by atoms with Crippen LogP contribution >= 0.6 is 12.6 Å². The molecule has 0 fully saturated rings. The van der Waals surface area contributed by atoms with E-state index in [4.69, 9.17) is 0 Å². The fraction of sp³-hybridized carbons (Fsp3) is 0.143. The molecule has 0 spiro atoms. The van der Waals surface area contributed by atoms with Crippen molar-refractivity contribution in [3.63, 3.8) is 0 Å². The Labute approximate surface area is 101 Å². The molecule has 0 radical (unpaired) electrons. The SMILES string of the molecule is Oc1ccc2ccccc2c1C=CCCS. The van der Waals surface area contributed by atoms with Crippen LogP contribution in [0.2, 0.25) is 0 Å². The van der Waals surface area contributed by atoms with E-state index in [1.807, 2.05) is 42.5 Å². The Balaban J connectivity index is 2.52. The number of benzene rings is 2. The van der Waals surface area contributed by atoms with Crippen LogP contribution in [0.3, 0.4) is 0 Å². The van der Waals surface area contributed by atoms with Gasteiger partial charge >= 0.3 is 0 Å². The third kappa shape index (κ3) is 2.22. The Morgan fingerprint density at radius 2 is 1.94 bits per heavy atom. The summed E-state index contributed by atoms with van der Waals surface area (Å²) in [4.78, 5) is 0. The van der Waals surface area contributed by atoms with Crippen LogP contribution < -0.4 is 0 Å². The molecule has 0 aliphatic rings. The summed E-state index contributed by atoms with van der Waals surface area (Å²) in [5.41, 5.74) is 0.889. The molecule has 2 aromatic carbocycles. The highest BCUT2D eigenvalue weighted by molar-refractivity contribution is 7.80. The van der Waals surface area contributed by atoms with Crippen molar-refractivity contribution in [2.75, 3.05) is 5.75 Å². The van der Waals surface area contributed by atoms with Gasteiger partial charge in [0.25, 0.3) is 0 Å². The van der Waals surface area contributed by atoms with Crippen LogP contribution in [0.1, 0.15) is 12.0 Å². The first kappa shape index (κ1) is 11.1. The Kier molecular flexibility index (Phi) is 3.52. The maximum Gasteiger partial charge on any atom is 0.123 e. The molecule has 0 aliphatic heterocycles. The number of thiol groups is 1. The number of hydrogen-bond donors (Lipinski definition) is 2. The highest BCUT2D eigenvalue weighted by Crippen LogP contribution is 2.28. The second-order valence-corrected chi connectivity index (χ2v) is 4.08. The average Bonchev–Trinajstić information content (AvgIpc) is 2.32. The predicted molar refractivity (Wildman–Crippen MR) is 73.1 cm³/mol. The quantitative estimate of drug-likeness (QED) is 0.767. The van der Waals surface area contributed by atoms with Crippen molar-refractivity contribution < 1.29 is 5.11 Å². The first-order valence-electron chi connectivity index (χ1n) is 5.31. The Bertz CT molecular complexity index is 517. The van der Waals surface area contributed by atoms with Gasteiger partial charge in [-0.2, -0.15) is 12.6 Å². The van der Waals surface area contributed by atoms with Crippen LogP contribution in [0.5, 0.6) is 5.75 Å². The van der Waals surface area contributed by atoms with E-state index in [0.717, 1.165) is 28.5 Å².